The summed E-state index contributed by atoms with van der Waals surface area (Å²) in [6.07, 6.45) is 6.65. The summed E-state index contributed by atoms with van der Waals surface area (Å²) in [4.78, 5) is 0. The van der Waals surface area contributed by atoms with E-state index in [1.807, 2.05) is 0 Å². The van der Waals surface area contributed by atoms with E-state index in [1.165, 1.54) is 23.1 Å². The minimum atomic E-state index is 0.554. The highest BCUT2D eigenvalue weighted by Crippen LogP contribution is 2.37. The second kappa shape index (κ2) is 6.44. The maximum absolute atomic E-state index is 4.52. The Morgan fingerprint density at radius 2 is 2.00 bits per heavy atom. The fourth-order valence-electron chi connectivity index (χ4n) is 3.34. The van der Waals surface area contributed by atoms with Gasteiger partial charge in [-0.25, -0.2) is 0 Å². The number of hydrogen-bond donors (Lipinski definition) is 1. The monoisotopic (exact) mass is 283 g/mol. The number of piperidine rings is 1. The van der Waals surface area contributed by atoms with Gasteiger partial charge in [0.05, 0.1) is 6.20 Å². The molecule has 0 saturated carbocycles. The van der Waals surface area contributed by atoms with Gasteiger partial charge >= 0.3 is 0 Å². The molecule has 1 aliphatic heterocycles. The third kappa shape index (κ3) is 3.18. The van der Waals surface area contributed by atoms with Crippen molar-refractivity contribution in [2.45, 2.75) is 45.1 Å². The standard InChI is InChI=1S/C18H25N3/c1-3-10-21-13-16(11-20-21)17-8-9-19-12-18(17)15-6-4-14(2)5-7-15/h4-7,11,13,17-19H,3,8-10,12H2,1-2H3. The predicted octanol–water partition coefficient (Wildman–Crippen LogP) is 3.46. The third-order valence-corrected chi connectivity index (χ3v) is 4.52. The molecule has 1 fully saturated rings. The second-order valence-electron chi connectivity index (χ2n) is 6.15. The fourth-order valence-corrected chi connectivity index (χ4v) is 3.34. The molecule has 3 rings (SSSR count). The SMILES string of the molecule is CCCn1cc(C2CCNCC2c2ccc(C)cc2)cn1. The summed E-state index contributed by atoms with van der Waals surface area (Å²) in [6, 6.07) is 9.02. The van der Waals surface area contributed by atoms with Crippen LogP contribution in [-0.4, -0.2) is 22.9 Å². The molecule has 1 aliphatic rings. The molecule has 112 valence electrons. The summed E-state index contributed by atoms with van der Waals surface area (Å²) in [6.45, 7) is 7.52. The molecule has 21 heavy (non-hydrogen) atoms. The maximum Gasteiger partial charge on any atom is 0.0524 e. The normalized spacial score (nSPS) is 22.4. The molecule has 3 heteroatoms. The van der Waals surface area contributed by atoms with E-state index in [0.717, 1.165) is 26.1 Å². The van der Waals surface area contributed by atoms with Crippen molar-refractivity contribution in [3.8, 4) is 0 Å². The van der Waals surface area contributed by atoms with Gasteiger partial charge in [-0.1, -0.05) is 36.8 Å². The summed E-state index contributed by atoms with van der Waals surface area (Å²) < 4.78 is 2.09. The van der Waals surface area contributed by atoms with Crippen molar-refractivity contribution in [2.24, 2.45) is 0 Å². The van der Waals surface area contributed by atoms with E-state index >= 15 is 0 Å². The topological polar surface area (TPSA) is 29.9 Å². The van der Waals surface area contributed by atoms with Gasteiger partial charge in [-0.15, -0.1) is 0 Å². The highest BCUT2D eigenvalue weighted by atomic mass is 15.3. The fraction of sp³-hybridized carbons (Fsp3) is 0.500. The van der Waals surface area contributed by atoms with Crippen molar-refractivity contribution in [3.05, 3.63) is 53.3 Å². The van der Waals surface area contributed by atoms with Gasteiger partial charge in [-0.05, 0) is 43.4 Å². The molecular formula is C18H25N3. The van der Waals surface area contributed by atoms with Crippen molar-refractivity contribution in [3.63, 3.8) is 0 Å². The number of nitrogens with zero attached hydrogens (tertiary/aromatic N) is 2. The average molecular weight is 283 g/mol. The Morgan fingerprint density at radius 3 is 2.76 bits per heavy atom. The van der Waals surface area contributed by atoms with Crippen LogP contribution in [0.5, 0.6) is 0 Å². The smallest absolute Gasteiger partial charge is 0.0524 e. The Bertz CT molecular complexity index is 570. The number of rotatable bonds is 4. The van der Waals surface area contributed by atoms with Crippen LogP contribution in [0.2, 0.25) is 0 Å². The van der Waals surface area contributed by atoms with Gasteiger partial charge in [0, 0.05) is 25.2 Å². The summed E-state index contributed by atoms with van der Waals surface area (Å²) >= 11 is 0. The molecule has 3 nitrogen and oxygen atoms in total. The molecule has 1 aromatic heterocycles. The van der Waals surface area contributed by atoms with Crippen LogP contribution in [0.4, 0.5) is 0 Å². The molecule has 2 aromatic rings. The minimum absolute atomic E-state index is 0.554. The van der Waals surface area contributed by atoms with Crippen molar-refractivity contribution < 1.29 is 0 Å². The van der Waals surface area contributed by atoms with Crippen LogP contribution < -0.4 is 5.32 Å². The molecule has 2 heterocycles. The quantitative estimate of drug-likeness (QED) is 0.931. The zero-order valence-electron chi connectivity index (χ0n) is 13.0. The maximum atomic E-state index is 4.52. The van der Waals surface area contributed by atoms with E-state index in [-0.39, 0.29) is 0 Å². The van der Waals surface area contributed by atoms with Gasteiger partial charge < -0.3 is 5.32 Å². The first-order chi connectivity index (χ1) is 10.3. The van der Waals surface area contributed by atoms with Crippen LogP contribution in [0.1, 0.15) is 48.3 Å². The lowest BCUT2D eigenvalue weighted by Gasteiger charge is -2.32. The number of aryl methyl sites for hydroxylation is 2. The molecule has 2 unspecified atom stereocenters. The first-order valence-corrected chi connectivity index (χ1v) is 8.07. The van der Waals surface area contributed by atoms with Crippen LogP contribution >= 0.6 is 0 Å². The molecule has 2 atom stereocenters. The average Bonchev–Trinajstić information content (AvgIpc) is 2.97. The van der Waals surface area contributed by atoms with Gasteiger partial charge in [0.15, 0.2) is 0 Å². The van der Waals surface area contributed by atoms with Crippen LogP contribution in [0.3, 0.4) is 0 Å². The zero-order valence-corrected chi connectivity index (χ0v) is 13.0. The van der Waals surface area contributed by atoms with Crippen molar-refractivity contribution >= 4 is 0 Å². The van der Waals surface area contributed by atoms with E-state index in [4.69, 9.17) is 0 Å². The summed E-state index contributed by atoms with van der Waals surface area (Å²) in [5, 5.41) is 8.07. The number of hydrogen-bond acceptors (Lipinski definition) is 2. The minimum Gasteiger partial charge on any atom is -0.316 e. The lowest BCUT2D eigenvalue weighted by atomic mass is 9.78. The lowest BCUT2D eigenvalue weighted by Crippen LogP contribution is -2.33. The number of nitrogens with one attached hydrogen (secondary N) is 1. The van der Waals surface area contributed by atoms with Gasteiger partial charge in [-0.3, -0.25) is 4.68 Å². The van der Waals surface area contributed by atoms with Gasteiger partial charge in [0.2, 0.25) is 0 Å². The van der Waals surface area contributed by atoms with Gasteiger partial charge in [0.25, 0.3) is 0 Å². The Labute approximate surface area is 127 Å². The van der Waals surface area contributed by atoms with Crippen molar-refractivity contribution in [2.75, 3.05) is 13.1 Å². The molecular weight excluding hydrogens is 258 g/mol. The van der Waals surface area contributed by atoms with Crippen LogP contribution in [-0.2, 0) is 6.54 Å². The Kier molecular flexibility index (Phi) is 4.39. The van der Waals surface area contributed by atoms with Crippen LogP contribution in [0.15, 0.2) is 36.7 Å². The van der Waals surface area contributed by atoms with E-state index < -0.39 is 0 Å². The molecule has 0 bridgehead atoms. The number of benzene rings is 1. The van der Waals surface area contributed by atoms with Crippen molar-refractivity contribution in [1.29, 1.82) is 0 Å². The Balaban J connectivity index is 1.84. The lowest BCUT2D eigenvalue weighted by molar-refractivity contribution is 0.404. The first kappa shape index (κ1) is 14.3. The molecule has 1 N–H and O–H groups in total. The zero-order chi connectivity index (χ0) is 14.7. The molecule has 0 radical (unpaired) electrons. The number of aromatic nitrogens is 2. The predicted molar refractivity (Wildman–Crippen MR) is 86.7 cm³/mol. The summed E-state index contributed by atoms with van der Waals surface area (Å²) in [7, 11) is 0. The Morgan fingerprint density at radius 1 is 1.19 bits per heavy atom. The van der Waals surface area contributed by atoms with E-state index in [9.17, 15) is 0 Å². The second-order valence-corrected chi connectivity index (χ2v) is 6.15. The molecule has 0 aliphatic carbocycles. The highest BCUT2D eigenvalue weighted by Gasteiger charge is 2.28. The first-order valence-electron chi connectivity index (χ1n) is 8.07. The van der Waals surface area contributed by atoms with Crippen LogP contribution in [0, 0.1) is 6.92 Å². The molecule has 1 saturated heterocycles. The highest BCUT2D eigenvalue weighted by molar-refractivity contribution is 5.30. The Hall–Kier alpha value is -1.61. The molecule has 1 aromatic carbocycles. The van der Waals surface area contributed by atoms with E-state index in [1.54, 1.807) is 0 Å². The summed E-state index contributed by atoms with van der Waals surface area (Å²) in [5.74, 6) is 1.14. The summed E-state index contributed by atoms with van der Waals surface area (Å²) in [5.41, 5.74) is 4.17. The van der Waals surface area contributed by atoms with Gasteiger partial charge in [0.1, 0.15) is 0 Å². The molecule has 0 spiro atoms. The van der Waals surface area contributed by atoms with Crippen molar-refractivity contribution in [1.82, 2.24) is 15.1 Å². The third-order valence-electron chi connectivity index (χ3n) is 4.52. The van der Waals surface area contributed by atoms with Crippen LogP contribution in [0.25, 0.3) is 0 Å². The largest absolute Gasteiger partial charge is 0.316 e. The van der Waals surface area contributed by atoms with E-state index in [0.29, 0.717) is 11.8 Å². The molecule has 0 amide bonds. The van der Waals surface area contributed by atoms with Gasteiger partial charge in [-0.2, -0.15) is 5.10 Å². The van der Waals surface area contributed by atoms with E-state index in [2.05, 4.69) is 65.6 Å².